The number of hydrogen-bond acceptors (Lipinski definition) is 3. The van der Waals surface area contributed by atoms with Gasteiger partial charge in [-0.15, -0.1) is 0 Å². The van der Waals surface area contributed by atoms with Gasteiger partial charge in [-0.05, 0) is 23.8 Å². The summed E-state index contributed by atoms with van der Waals surface area (Å²) in [6.07, 6.45) is 3.99. The minimum absolute atomic E-state index is 0.328. The van der Waals surface area contributed by atoms with Gasteiger partial charge in [-0.3, -0.25) is 0 Å². The summed E-state index contributed by atoms with van der Waals surface area (Å²) in [7, 11) is 2.04. The summed E-state index contributed by atoms with van der Waals surface area (Å²) in [5.41, 5.74) is 5.14. The summed E-state index contributed by atoms with van der Waals surface area (Å²) in [5, 5.41) is 0.905. The average molecular weight is 434 g/mol. The van der Waals surface area contributed by atoms with Crippen LogP contribution in [0.4, 0.5) is 5.69 Å². The first-order valence-electron chi connectivity index (χ1n) is 11.0. The van der Waals surface area contributed by atoms with E-state index in [1.807, 2.05) is 86.2 Å². The van der Waals surface area contributed by atoms with Gasteiger partial charge in [0.25, 0.3) is 0 Å². The molecule has 0 aliphatic rings. The molecule has 162 valence electrons. The van der Waals surface area contributed by atoms with E-state index in [9.17, 15) is 4.79 Å². The largest absolute Gasteiger partial charge is 0.422 e. The fraction of sp³-hybridized carbons (Fsp3) is 0.103. The van der Waals surface area contributed by atoms with E-state index in [-0.39, 0.29) is 5.63 Å². The van der Waals surface area contributed by atoms with E-state index < -0.39 is 0 Å². The Kier molecular flexibility index (Phi) is 5.73. The molecule has 0 atom stereocenters. The molecular weight excluding hydrogens is 408 g/mol. The fourth-order valence-electron chi connectivity index (χ4n) is 4.02. The number of nitrogens with zero attached hydrogens (tertiary/aromatic N) is 2. The van der Waals surface area contributed by atoms with E-state index in [4.69, 9.17) is 4.42 Å². The fourth-order valence-corrected chi connectivity index (χ4v) is 4.02. The van der Waals surface area contributed by atoms with Crippen molar-refractivity contribution in [2.45, 2.75) is 13.1 Å². The summed E-state index contributed by atoms with van der Waals surface area (Å²) in [6.45, 7) is 1.56. The Morgan fingerprint density at radius 3 is 2.15 bits per heavy atom. The zero-order chi connectivity index (χ0) is 22.6. The van der Waals surface area contributed by atoms with Crippen molar-refractivity contribution in [3.05, 3.63) is 131 Å². The molecule has 0 amide bonds. The molecule has 0 aliphatic carbocycles. The van der Waals surface area contributed by atoms with Gasteiger partial charge in [0.2, 0.25) is 0 Å². The SMILES string of the molecule is CN(Cc1ccccc1)c1ccc2cc(-c3cc[n+](Cc4ccccc4)cc3)c(=O)oc2c1. The third-order valence-corrected chi connectivity index (χ3v) is 5.83. The van der Waals surface area contributed by atoms with E-state index in [1.165, 1.54) is 11.1 Å². The van der Waals surface area contributed by atoms with Crippen LogP contribution in [0, 0.1) is 0 Å². The molecule has 0 spiro atoms. The Hall–Kier alpha value is -4.18. The number of hydrogen-bond donors (Lipinski definition) is 0. The number of rotatable bonds is 6. The first kappa shape index (κ1) is 20.7. The van der Waals surface area contributed by atoms with Crippen molar-refractivity contribution < 1.29 is 8.98 Å². The summed E-state index contributed by atoms with van der Waals surface area (Å²) < 4.78 is 7.82. The van der Waals surface area contributed by atoms with Crippen molar-refractivity contribution in [2.24, 2.45) is 0 Å². The summed E-state index contributed by atoms with van der Waals surface area (Å²) in [4.78, 5) is 14.9. The van der Waals surface area contributed by atoms with Crippen molar-refractivity contribution in [1.82, 2.24) is 0 Å². The molecule has 0 unspecified atom stereocenters. The van der Waals surface area contributed by atoms with Crippen LogP contribution in [0.3, 0.4) is 0 Å². The number of anilines is 1. The van der Waals surface area contributed by atoms with Crippen LogP contribution in [0.25, 0.3) is 22.1 Å². The predicted octanol–water partition coefficient (Wildman–Crippen LogP) is 5.43. The number of fused-ring (bicyclic) bond motifs is 1. The van der Waals surface area contributed by atoms with Crippen LogP contribution in [0.1, 0.15) is 11.1 Å². The molecular formula is C29H25N2O2+. The molecule has 2 heterocycles. The van der Waals surface area contributed by atoms with Gasteiger partial charge < -0.3 is 9.32 Å². The Balaban J connectivity index is 1.39. The van der Waals surface area contributed by atoms with Gasteiger partial charge in [0.1, 0.15) is 5.58 Å². The highest BCUT2D eigenvalue weighted by Gasteiger charge is 2.12. The molecule has 0 bridgehead atoms. The highest BCUT2D eigenvalue weighted by atomic mass is 16.4. The Bertz CT molecular complexity index is 1430. The van der Waals surface area contributed by atoms with Crippen LogP contribution in [-0.4, -0.2) is 7.05 Å². The molecule has 3 aromatic carbocycles. The maximum Gasteiger partial charge on any atom is 0.344 e. The molecule has 2 aromatic heterocycles. The quantitative estimate of drug-likeness (QED) is 0.265. The zero-order valence-corrected chi connectivity index (χ0v) is 18.5. The molecule has 33 heavy (non-hydrogen) atoms. The lowest BCUT2D eigenvalue weighted by Crippen LogP contribution is -2.33. The summed E-state index contributed by atoms with van der Waals surface area (Å²) >= 11 is 0. The molecule has 4 heteroatoms. The van der Waals surface area contributed by atoms with Gasteiger partial charge in [0.15, 0.2) is 18.9 Å². The maximum atomic E-state index is 12.8. The highest BCUT2D eigenvalue weighted by molar-refractivity contribution is 5.84. The summed E-state index contributed by atoms with van der Waals surface area (Å²) in [6, 6.07) is 32.4. The smallest absolute Gasteiger partial charge is 0.344 e. The van der Waals surface area contributed by atoms with Crippen molar-refractivity contribution in [3.63, 3.8) is 0 Å². The van der Waals surface area contributed by atoms with Crippen molar-refractivity contribution in [2.75, 3.05) is 11.9 Å². The van der Waals surface area contributed by atoms with E-state index in [0.29, 0.717) is 11.1 Å². The second kappa shape index (κ2) is 9.13. The molecule has 0 saturated carbocycles. The average Bonchev–Trinajstić information content (AvgIpc) is 2.85. The molecule has 0 saturated heterocycles. The predicted molar refractivity (Wildman–Crippen MR) is 132 cm³/mol. The lowest BCUT2D eigenvalue weighted by atomic mass is 10.1. The molecule has 0 N–H and O–H groups in total. The Morgan fingerprint density at radius 1 is 0.788 bits per heavy atom. The first-order chi connectivity index (χ1) is 16.2. The summed E-state index contributed by atoms with van der Waals surface area (Å²) in [5.74, 6) is 0. The van der Waals surface area contributed by atoms with Gasteiger partial charge in [-0.2, -0.15) is 0 Å². The van der Waals surface area contributed by atoms with Gasteiger partial charge >= 0.3 is 5.63 Å². The zero-order valence-electron chi connectivity index (χ0n) is 18.5. The van der Waals surface area contributed by atoms with Crippen molar-refractivity contribution in [3.8, 4) is 11.1 Å². The Morgan fingerprint density at radius 2 is 1.45 bits per heavy atom. The third-order valence-electron chi connectivity index (χ3n) is 5.83. The van der Waals surface area contributed by atoms with Crippen LogP contribution < -0.4 is 15.1 Å². The van der Waals surface area contributed by atoms with Crippen molar-refractivity contribution >= 4 is 16.7 Å². The van der Waals surface area contributed by atoms with Crippen LogP contribution >= 0.6 is 0 Å². The molecule has 0 radical (unpaired) electrons. The lowest BCUT2D eigenvalue weighted by Gasteiger charge is -2.19. The number of pyridine rings is 1. The van der Waals surface area contributed by atoms with Crippen molar-refractivity contribution in [1.29, 1.82) is 0 Å². The number of benzene rings is 3. The van der Waals surface area contributed by atoms with Crippen LogP contribution in [0.2, 0.25) is 0 Å². The molecule has 5 aromatic rings. The van der Waals surface area contributed by atoms with Crippen LogP contribution in [-0.2, 0) is 13.1 Å². The molecule has 4 nitrogen and oxygen atoms in total. The van der Waals surface area contributed by atoms with Gasteiger partial charge in [0, 0.05) is 54.0 Å². The van der Waals surface area contributed by atoms with Gasteiger partial charge in [-0.25, -0.2) is 9.36 Å². The topological polar surface area (TPSA) is 37.3 Å². The standard InChI is InChI=1S/C29H25N2O2/c1-30(20-22-8-4-2-5-9-22)26-13-12-25-18-27(29(32)33-28(25)19-26)24-14-16-31(17-15-24)21-23-10-6-3-7-11-23/h2-19H,20-21H2,1H3/q+1. The third kappa shape index (κ3) is 4.70. The molecule has 5 rings (SSSR count). The second-order valence-corrected chi connectivity index (χ2v) is 8.26. The van der Waals surface area contributed by atoms with E-state index >= 15 is 0 Å². The minimum atomic E-state index is -0.328. The monoisotopic (exact) mass is 433 g/mol. The minimum Gasteiger partial charge on any atom is -0.422 e. The van der Waals surface area contributed by atoms with Gasteiger partial charge in [0.05, 0.1) is 5.56 Å². The molecule has 0 fully saturated rings. The second-order valence-electron chi connectivity index (χ2n) is 8.26. The van der Waals surface area contributed by atoms with Crippen LogP contribution in [0.15, 0.2) is 119 Å². The Labute approximate surface area is 193 Å². The lowest BCUT2D eigenvalue weighted by molar-refractivity contribution is -0.688. The van der Waals surface area contributed by atoms with Gasteiger partial charge in [-0.1, -0.05) is 60.7 Å². The van der Waals surface area contributed by atoms with E-state index in [1.54, 1.807) is 0 Å². The number of aromatic nitrogens is 1. The normalized spacial score (nSPS) is 10.9. The molecule has 0 aliphatic heterocycles. The van der Waals surface area contributed by atoms with E-state index in [2.05, 4.69) is 39.8 Å². The van der Waals surface area contributed by atoms with E-state index in [0.717, 1.165) is 29.7 Å². The van der Waals surface area contributed by atoms with Crippen LogP contribution in [0.5, 0.6) is 0 Å². The first-order valence-corrected chi connectivity index (χ1v) is 11.0. The highest BCUT2D eigenvalue weighted by Crippen LogP contribution is 2.25. The maximum absolute atomic E-state index is 12.8.